The molecule has 2 aromatic heterocycles. The molecule has 4 rings (SSSR count). The lowest BCUT2D eigenvalue weighted by atomic mass is 10.1. The van der Waals surface area contributed by atoms with E-state index in [0.717, 1.165) is 22.6 Å². The van der Waals surface area contributed by atoms with Crippen molar-refractivity contribution in [1.82, 2.24) is 30.6 Å². The van der Waals surface area contributed by atoms with Crippen LogP contribution in [-0.2, 0) is 6.61 Å². The van der Waals surface area contributed by atoms with E-state index in [1.165, 1.54) is 0 Å². The van der Waals surface area contributed by atoms with E-state index in [1.807, 2.05) is 48.5 Å². The van der Waals surface area contributed by atoms with Crippen LogP contribution >= 0.6 is 0 Å². The highest BCUT2D eigenvalue weighted by Gasteiger charge is 2.13. The van der Waals surface area contributed by atoms with Gasteiger partial charge in [-0.1, -0.05) is 30.3 Å². The van der Waals surface area contributed by atoms with E-state index < -0.39 is 0 Å². The fourth-order valence-electron chi connectivity index (χ4n) is 2.60. The number of benzene rings is 2. The van der Waals surface area contributed by atoms with Gasteiger partial charge in [-0.25, -0.2) is 10.1 Å². The SMILES string of the molecule is COc1cccc(OCc2ccc(-c3nccnc3-c3nnn[nH]3)cc2)c1. The summed E-state index contributed by atoms with van der Waals surface area (Å²) in [6.45, 7) is 0.451. The summed E-state index contributed by atoms with van der Waals surface area (Å²) >= 11 is 0. The summed E-state index contributed by atoms with van der Waals surface area (Å²) in [4.78, 5) is 8.76. The van der Waals surface area contributed by atoms with E-state index in [9.17, 15) is 0 Å². The number of aromatic nitrogens is 6. The van der Waals surface area contributed by atoms with Gasteiger partial charge in [-0.05, 0) is 28.1 Å². The van der Waals surface area contributed by atoms with Crippen molar-refractivity contribution in [1.29, 1.82) is 0 Å². The fourth-order valence-corrected chi connectivity index (χ4v) is 2.60. The third-order valence-electron chi connectivity index (χ3n) is 3.94. The molecule has 0 fully saturated rings. The predicted molar refractivity (Wildman–Crippen MR) is 98.0 cm³/mol. The summed E-state index contributed by atoms with van der Waals surface area (Å²) in [6, 6.07) is 15.5. The monoisotopic (exact) mass is 360 g/mol. The lowest BCUT2D eigenvalue weighted by molar-refractivity contribution is 0.303. The number of H-pyrrole nitrogens is 1. The molecule has 0 unspecified atom stereocenters. The Hall–Kier alpha value is -3.81. The second kappa shape index (κ2) is 7.61. The highest BCUT2D eigenvalue weighted by molar-refractivity contribution is 5.73. The molecule has 0 amide bonds. The van der Waals surface area contributed by atoms with Gasteiger partial charge in [0.15, 0.2) is 5.82 Å². The second-order valence-corrected chi connectivity index (χ2v) is 5.67. The second-order valence-electron chi connectivity index (χ2n) is 5.67. The zero-order valence-electron chi connectivity index (χ0n) is 14.5. The van der Waals surface area contributed by atoms with Gasteiger partial charge in [0.25, 0.3) is 0 Å². The minimum Gasteiger partial charge on any atom is -0.497 e. The summed E-state index contributed by atoms with van der Waals surface area (Å²) in [5.74, 6) is 2.00. The van der Waals surface area contributed by atoms with Crippen molar-refractivity contribution in [3.63, 3.8) is 0 Å². The highest BCUT2D eigenvalue weighted by Crippen LogP contribution is 2.26. The van der Waals surface area contributed by atoms with E-state index in [0.29, 0.717) is 23.8 Å². The Morgan fingerprint density at radius 3 is 2.44 bits per heavy atom. The average molecular weight is 360 g/mol. The van der Waals surface area contributed by atoms with Crippen LogP contribution < -0.4 is 9.47 Å². The van der Waals surface area contributed by atoms with Crippen LogP contribution in [0.4, 0.5) is 0 Å². The first-order chi connectivity index (χ1) is 13.3. The van der Waals surface area contributed by atoms with Gasteiger partial charge in [0.2, 0.25) is 0 Å². The van der Waals surface area contributed by atoms with Gasteiger partial charge in [0.1, 0.15) is 23.8 Å². The smallest absolute Gasteiger partial charge is 0.200 e. The van der Waals surface area contributed by atoms with Crippen molar-refractivity contribution in [2.45, 2.75) is 6.61 Å². The zero-order chi connectivity index (χ0) is 18.5. The number of tetrazole rings is 1. The Kier molecular flexibility index (Phi) is 4.69. The van der Waals surface area contributed by atoms with Crippen LogP contribution in [-0.4, -0.2) is 37.7 Å². The lowest BCUT2D eigenvalue weighted by Gasteiger charge is -2.09. The summed E-state index contributed by atoms with van der Waals surface area (Å²) in [7, 11) is 1.63. The molecule has 0 radical (unpaired) electrons. The van der Waals surface area contributed by atoms with Gasteiger partial charge in [0.05, 0.1) is 12.8 Å². The van der Waals surface area contributed by atoms with Crippen LogP contribution in [0.5, 0.6) is 11.5 Å². The number of rotatable bonds is 6. The van der Waals surface area contributed by atoms with Crippen LogP contribution in [0.3, 0.4) is 0 Å². The van der Waals surface area contributed by atoms with Gasteiger partial charge in [-0.2, -0.15) is 0 Å². The summed E-state index contributed by atoms with van der Waals surface area (Å²) in [5, 5.41) is 13.8. The zero-order valence-corrected chi connectivity index (χ0v) is 14.5. The van der Waals surface area contributed by atoms with Crippen LogP contribution in [0.25, 0.3) is 22.8 Å². The third kappa shape index (κ3) is 3.74. The number of ether oxygens (including phenoxy) is 2. The van der Waals surface area contributed by atoms with Crippen molar-refractivity contribution in [3.05, 3.63) is 66.5 Å². The molecular formula is C19H16N6O2. The maximum absolute atomic E-state index is 5.82. The first-order valence-electron chi connectivity index (χ1n) is 8.25. The third-order valence-corrected chi connectivity index (χ3v) is 3.94. The van der Waals surface area contributed by atoms with Gasteiger partial charge < -0.3 is 9.47 Å². The minimum atomic E-state index is 0.451. The molecule has 0 saturated heterocycles. The first kappa shape index (κ1) is 16.6. The average Bonchev–Trinajstić information content (AvgIpc) is 3.28. The van der Waals surface area contributed by atoms with Gasteiger partial charge in [-0.15, -0.1) is 5.10 Å². The molecule has 27 heavy (non-hydrogen) atoms. The predicted octanol–water partition coefficient (Wildman–Crippen LogP) is 2.91. The standard InChI is InChI=1S/C19H16N6O2/c1-26-15-3-2-4-16(11-15)27-12-13-5-7-14(8-6-13)17-18(21-10-9-20-17)19-22-24-25-23-19/h2-11H,12H2,1H3,(H,22,23,24,25). The van der Waals surface area contributed by atoms with Crippen molar-refractivity contribution < 1.29 is 9.47 Å². The molecule has 8 heteroatoms. The van der Waals surface area contributed by atoms with Gasteiger partial charge >= 0.3 is 0 Å². The molecule has 1 N–H and O–H groups in total. The summed E-state index contributed by atoms with van der Waals surface area (Å²) in [6.07, 6.45) is 3.25. The van der Waals surface area contributed by atoms with E-state index in [4.69, 9.17) is 9.47 Å². The lowest BCUT2D eigenvalue weighted by Crippen LogP contribution is -1.97. The molecule has 0 spiro atoms. The number of methoxy groups -OCH3 is 1. The highest BCUT2D eigenvalue weighted by atomic mass is 16.5. The van der Waals surface area contributed by atoms with Crippen LogP contribution in [0.2, 0.25) is 0 Å². The summed E-state index contributed by atoms with van der Waals surface area (Å²) < 4.78 is 11.0. The minimum absolute atomic E-state index is 0.451. The number of nitrogens with zero attached hydrogens (tertiary/aromatic N) is 5. The Balaban J connectivity index is 1.51. The van der Waals surface area contributed by atoms with Crippen LogP contribution in [0.15, 0.2) is 60.9 Å². The molecule has 0 aliphatic heterocycles. The molecule has 0 aliphatic carbocycles. The van der Waals surface area contributed by atoms with E-state index in [2.05, 4.69) is 30.6 Å². The normalized spacial score (nSPS) is 10.6. The molecule has 4 aromatic rings. The number of hydrogen-bond donors (Lipinski definition) is 1. The maximum atomic E-state index is 5.82. The number of hydrogen-bond acceptors (Lipinski definition) is 7. The Labute approximate surface area is 155 Å². The topological polar surface area (TPSA) is 98.7 Å². The van der Waals surface area contributed by atoms with E-state index >= 15 is 0 Å². The molecule has 0 atom stereocenters. The molecule has 8 nitrogen and oxygen atoms in total. The van der Waals surface area contributed by atoms with Crippen LogP contribution in [0, 0.1) is 0 Å². The fraction of sp³-hybridized carbons (Fsp3) is 0.105. The summed E-state index contributed by atoms with van der Waals surface area (Å²) in [5.41, 5.74) is 3.26. The quantitative estimate of drug-likeness (QED) is 0.564. The van der Waals surface area contributed by atoms with Crippen molar-refractivity contribution in [3.8, 4) is 34.3 Å². The van der Waals surface area contributed by atoms with Crippen molar-refractivity contribution in [2.75, 3.05) is 7.11 Å². The number of nitrogens with one attached hydrogen (secondary N) is 1. The van der Waals surface area contributed by atoms with Crippen molar-refractivity contribution >= 4 is 0 Å². The molecular weight excluding hydrogens is 344 g/mol. The Morgan fingerprint density at radius 1 is 0.926 bits per heavy atom. The van der Waals surface area contributed by atoms with Gasteiger partial charge in [-0.3, -0.25) is 4.98 Å². The largest absolute Gasteiger partial charge is 0.497 e. The van der Waals surface area contributed by atoms with Crippen LogP contribution in [0.1, 0.15) is 5.56 Å². The molecule has 2 aromatic carbocycles. The maximum Gasteiger partial charge on any atom is 0.200 e. The Morgan fingerprint density at radius 2 is 1.70 bits per heavy atom. The molecule has 0 saturated carbocycles. The first-order valence-corrected chi connectivity index (χ1v) is 8.25. The van der Waals surface area contributed by atoms with E-state index in [-0.39, 0.29) is 0 Å². The molecule has 0 bridgehead atoms. The number of aromatic amines is 1. The van der Waals surface area contributed by atoms with E-state index in [1.54, 1.807) is 19.5 Å². The van der Waals surface area contributed by atoms with Gasteiger partial charge in [0, 0.05) is 24.0 Å². The molecule has 134 valence electrons. The van der Waals surface area contributed by atoms with Crippen molar-refractivity contribution in [2.24, 2.45) is 0 Å². The molecule has 2 heterocycles. The Bertz CT molecular complexity index is 1020. The molecule has 0 aliphatic rings.